The van der Waals surface area contributed by atoms with Crippen LogP contribution < -0.4 is 10.2 Å². The Hall–Kier alpha value is -2.94. The molecule has 1 saturated heterocycles. The standard InChI is InChI=1S/C18H21N5O4/c1-12-16-17(23-6-9-25-10-7-23)20-14(21-18(16)27-22-12)4-5-15(24)19-11-13-3-2-8-26-13/h2-3,8H,4-7,9-11H2,1H3,(H,19,24). The Bertz CT molecular complexity index is 915. The molecular formula is C18H21N5O4. The molecule has 1 fully saturated rings. The van der Waals surface area contributed by atoms with Gasteiger partial charge in [-0.15, -0.1) is 0 Å². The predicted octanol–water partition coefficient (Wildman–Crippen LogP) is 1.60. The maximum absolute atomic E-state index is 12.1. The van der Waals surface area contributed by atoms with E-state index in [2.05, 4.69) is 20.4 Å². The summed E-state index contributed by atoms with van der Waals surface area (Å²) in [6, 6.07) is 3.61. The van der Waals surface area contributed by atoms with E-state index in [1.165, 1.54) is 0 Å². The quantitative estimate of drug-likeness (QED) is 0.696. The normalized spacial score (nSPS) is 14.6. The van der Waals surface area contributed by atoms with Crippen LogP contribution in [0.3, 0.4) is 0 Å². The van der Waals surface area contributed by atoms with Crippen molar-refractivity contribution >= 4 is 22.8 Å². The molecule has 0 unspecified atom stereocenters. The number of aryl methyl sites for hydroxylation is 2. The topological polar surface area (TPSA) is 107 Å². The third kappa shape index (κ3) is 3.92. The number of carbonyl (C=O) groups is 1. The molecule has 1 aliphatic rings. The fraction of sp³-hybridized carbons (Fsp3) is 0.444. The van der Waals surface area contributed by atoms with Gasteiger partial charge in [-0.25, -0.2) is 4.98 Å². The van der Waals surface area contributed by atoms with Gasteiger partial charge in [0.05, 0.1) is 31.7 Å². The number of hydrogen-bond donors (Lipinski definition) is 1. The highest BCUT2D eigenvalue weighted by molar-refractivity contribution is 5.88. The van der Waals surface area contributed by atoms with Crippen molar-refractivity contribution in [2.24, 2.45) is 0 Å². The summed E-state index contributed by atoms with van der Waals surface area (Å²) >= 11 is 0. The Balaban J connectivity index is 1.47. The molecule has 0 saturated carbocycles. The van der Waals surface area contributed by atoms with Gasteiger partial charge >= 0.3 is 0 Å². The second-order valence-corrected chi connectivity index (χ2v) is 6.37. The van der Waals surface area contributed by atoms with Gasteiger partial charge in [-0.1, -0.05) is 5.16 Å². The van der Waals surface area contributed by atoms with E-state index in [4.69, 9.17) is 18.7 Å². The third-order valence-electron chi connectivity index (χ3n) is 4.46. The van der Waals surface area contributed by atoms with Crippen LogP contribution in [0, 0.1) is 6.92 Å². The lowest BCUT2D eigenvalue weighted by molar-refractivity contribution is -0.121. The fourth-order valence-electron chi connectivity index (χ4n) is 3.04. The summed E-state index contributed by atoms with van der Waals surface area (Å²) in [7, 11) is 0. The Morgan fingerprint density at radius 2 is 2.15 bits per heavy atom. The molecule has 9 nitrogen and oxygen atoms in total. The Labute approximate surface area is 155 Å². The van der Waals surface area contributed by atoms with Crippen molar-refractivity contribution in [2.75, 3.05) is 31.2 Å². The SMILES string of the molecule is Cc1noc2nc(CCC(=O)NCc3ccco3)nc(N3CCOCC3)c12. The number of ether oxygens (including phenoxy) is 1. The van der Waals surface area contributed by atoms with Crippen LogP contribution in [0.4, 0.5) is 5.82 Å². The molecule has 3 aromatic heterocycles. The number of aromatic nitrogens is 3. The smallest absolute Gasteiger partial charge is 0.263 e. The molecule has 0 bridgehead atoms. The Morgan fingerprint density at radius 3 is 2.93 bits per heavy atom. The van der Waals surface area contributed by atoms with Crippen molar-refractivity contribution in [3.05, 3.63) is 35.7 Å². The first-order chi connectivity index (χ1) is 13.2. The van der Waals surface area contributed by atoms with Gasteiger partial charge < -0.3 is 23.9 Å². The van der Waals surface area contributed by atoms with E-state index in [0.29, 0.717) is 43.5 Å². The molecule has 0 aromatic carbocycles. The van der Waals surface area contributed by atoms with Crippen LogP contribution in [0.1, 0.15) is 23.7 Å². The lowest BCUT2D eigenvalue weighted by Crippen LogP contribution is -2.37. The lowest BCUT2D eigenvalue weighted by atomic mass is 10.2. The zero-order chi connectivity index (χ0) is 18.6. The van der Waals surface area contributed by atoms with Gasteiger partial charge in [0.2, 0.25) is 5.91 Å². The molecule has 0 atom stereocenters. The second kappa shape index (κ2) is 7.75. The lowest BCUT2D eigenvalue weighted by Gasteiger charge is -2.28. The largest absolute Gasteiger partial charge is 0.467 e. The number of morpholine rings is 1. The van der Waals surface area contributed by atoms with Gasteiger partial charge in [0, 0.05) is 25.9 Å². The number of rotatable bonds is 6. The van der Waals surface area contributed by atoms with Gasteiger partial charge in [-0.3, -0.25) is 4.79 Å². The number of carbonyl (C=O) groups excluding carboxylic acids is 1. The van der Waals surface area contributed by atoms with Gasteiger partial charge in [0.1, 0.15) is 22.8 Å². The summed E-state index contributed by atoms with van der Waals surface area (Å²) in [4.78, 5) is 23.4. The van der Waals surface area contributed by atoms with Crippen LogP contribution in [0.15, 0.2) is 27.3 Å². The van der Waals surface area contributed by atoms with Crippen molar-refractivity contribution in [1.82, 2.24) is 20.4 Å². The summed E-state index contributed by atoms with van der Waals surface area (Å²) in [5, 5.41) is 7.67. The minimum absolute atomic E-state index is 0.0863. The molecule has 1 aliphatic heterocycles. The van der Waals surface area contributed by atoms with Crippen molar-refractivity contribution in [1.29, 1.82) is 0 Å². The van der Waals surface area contributed by atoms with Gasteiger partial charge in [-0.05, 0) is 19.1 Å². The monoisotopic (exact) mass is 371 g/mol. The van der Waals surface area contributed by atoms with E-state index in [0.717, 1.165) is 30.0 Å². The summed E-state index contributed by atoms with van der Waals surface area (Å²) in [6.45, 7) is 5.05. The predicted molar refractivity (Wildman–Crippen MR) is 96.2 cm³/mol. The van der Waals surface area contributed by atoms with Crippen molar-refractivity contribution < 1.29 is 18.5 Å². The van der Waals surface area contributed by atoms with Gasteiger partial charge in [0.15, 0.2) is 0 Å². The first kappa shape index (κ1) is 17.5. The van der Waals surface area contributed by atoms with E-state index in [9.17, 15) is 4.79 Å². The molecule has 3 aromatic rings. The Morgan fingerprint density at radius 1 is 1.30 bits per heavy atom. The van der Waals surface area contributed by atoms with E-state index >= 15 is 0 Å². The maximum Gasteiger partial charge on any atom is 0.263 e. The molecule has 142 valence electrons. The number of nitrogens with one attached hydrogen (secondary N) is 1. The zero-order valence-corrected chi connectivity index (χ0v) is 15.1. The number of amides is 1. The average Bonchev–Trinajstić information content (AvgIpc) is 3.35. The van der Waals surface area contributed by atoms with E-state index < -0.39 is 0 Å². The molecule has 0 radical (unpaired) electrons. The summed E-state index contributed by atoms with van der Waals surface area (Å²) in [5.74, 6) is 1.99. The fourth-order valence-corrected chi connectivity index (χ4v) is 3.04. The van der Waals surface area contributed by atoms with Crippen LogP contribution >= 0.6 is 0 Å². The number of fused-ring (bicyclic) bond motifs is 1. The molecule has 0 spiro atoms. The highest BCUT2D eigenvalue weighted by atomic mass is 16.5. The van der Waals surface area contributed by atoms with E-state index in [1.807, 2.05) is 13.0 Å². The highest BCUT2D eigenvalue weighted by Crippen LogP contribution is 2.27. The molecule has 9 heteroatoms. The van der Waals surface area contributed by atoms with Crippen LogP contribution in [0.2, 0.25) is 0 Å². The summed E-state index contributed by atoms with van der Waals surface area (Å²) in [5.41, 5.74) is 1.21. The molecule has 0 aliphatic carbocycles. The van der Waals surface area contributed by atoms with Crippen LogP contribution in [-0.2, 0) is 22.5 Å². The van der Waals surface area contributed by atoms with Crippen LogP contribution in [-0.4, -0.2) is 47.3 Å². The summed E-state index contributed by atoms with van der Waals surface area (Å²) in [6.07, 6.45) is 2.27. The molecule has 4 rings (SSSR count). The first-order valence-electron chi connectivity index (χ1n) is 8.95. The van der Waals surface area contributed by atoms with Crippen molar-refractivity contribution in [3.63, 3.8) is 0 Å². The van der Waals surface area contributed by atoms with E-state index in [-0.39, 0.29) is 12.3 Å². The number of hydrogen-bond acceptors (Lipinski definition) is 8. The van der Waals surface area contributed by atoms with Crippen LogP contribution in [0.25, 0.3) is 11.1 Å². The first-order valence-corrected chi connectivity index (χ1v) is 8.95. The van der Waals surface area contributed by atoms with Gasteiger partial charge in [-0.2, -0.15) is 4.98 Å². The Kier molecular flexibility index (Phi) is 5.01. The van der Waals surface area contributed by atoms with Crippen molar-refractivity contribution in [3.8, 4) is 0 Å². The molecule has 4 heterocycles. The molecule has 27 heavy (non-hydrogen) atoms. The number of nitrogens with zero attached hydrogens (tertiary/aromatic N) is 4. The van der Waals surface area contributed by atoms with Crippen LogP contribution in [0.5, 0.6) is 0 Å². The zero-order valence-electron chi connectivity index (χ0n) is 15.1. The average molecular weight is 371 g/mol. The van der Waals surface area contributed by atoms with Crippen molar-refractivity contribution in [2.45, 2.75) is 26.3 Å². The molecule has 1 amide bonds. The second-order valence-electron chi connectivity index (χ2n) is 6.37. The minimum Gasteiger partial charge on any atom is -0.467 e. The number of furan rings is 1. The summed E-state index contributed by atoms with van der Waals surface area (Å²) < 4.78 is 16.0. The maximum atomic E-state index is 12.1. The third-order valence-corrected chi connectivity index (χ3v) is 4.46. The van der Waals surface area contributed by atoms with Gasteiger partial charge in [0.25, 0.3) is 5.71 Å². The molecule has 1 N–H and O–H groups in total. The minimum atomic E-state index is -0.0863. The van der Waals surface area contributed by atoms with E-state index in [1.54, 1.807) is 12.3 Å². The highest BCUT2D eigenvalue weighted by Gasteiger charge is 2.21. The molecular weight excluding hydrogens is 350 g/mol. The number of anilines is 1.